The second-order valence-electron chi connectivity index (χ2n) is 7.43. The molecule has 1 N–H and O–H groups in total. The number of sulfonamides is 1. The van der Waals surface area contributed by atoms with Crippen LogP contribution in [0.25, 0.3) is 0 Å². The van der Waals surface area contributed by atoms with Crippen LogP contribution in [-0.2, 0) is 15.8 Å². The fraction of sp³-hybridized carbons (Fsp3) is 0.409. The van der Waals surface area contributed by atoms with Crippen molar-refractivity contribution in [3.05, 3.63) is 65.7 Å². The number of likely N-dealkylation sites (N-methyl/N-ethyl adjacent to an activating group) is 1. The topological polar surface area (TPSA) is 69.7 Å². The molecule has 2 aromatic carbocycles. The highest BCUT2D eigenvalue weighted by molar-refractivity contribution is 7.99. The van der Waals surface area contributed by atoms with Gasteiger partial charge in [0.2, 0.25) is 10.0 Å². The smallest absolute Gasteiger partial charge is 0.251 e. The maximum Gasteiger partial charge on any atom is 0.251 e. The highest BCUT2D eigenvalue weighted by Gasteiger charge is 2.25. The minimum Gasteiger partial charge on any atom is -0.352 e. The predicted molar refractivity (Wildman–Crippen MR) is 122 cm³/mol. The highest BCUT2D eigenvalue weighted by Crippen LogP contribution is 2.17. The van der Waals surface area contributed by atoms with E-state index in [1.54, 1.807) is 40.3 Å². The summed E-state index contributed by atoms with van der Waals surface area (Å²) in [5.41, 5.74) is 1.25. The third-order valence-electron chi connectivity index (χ3n) is 5.04. The van der Waals surface area contributed by atoms with Gasteiger partial charge in [-0.15, -0.1) is 11.8 Å². The van der Waals surface area contributed by atoms with Crippen LogP contribution >= 0.6 is 11.8 Å². The predicted octanol–water partition coefficient (Wildman–Crippen LogP) is 2.68. The van der Waals surface area contributed by atoms with Crippen LogP contribution < -0.4 is 5.32 Å². The summed E-state index contributed by atoms with van der Waals surface area (Å²) in [5.74, 6) is 0.774. The summed E-state index contributed by atoms with van der Waals surface area (Å²) in [6.07, 6.45) is 0.882. The van der Waals surface area contributed by atoms with Crippen molar-refractivity contribution in [2.75, 3.05) is 45.5 Å². The molecule has 1 saturated heterocycles. The second-order valence-corrected chi connectivity index (χ2v) is 10.6. The number of hydrogen-bond donors (Lipinski definition) is 1. The maximum absolute atomic E-state index is 12.6. The van der Waals surface area contributed by atoms with Gasteiger partial charge in [-0.2, -0.15) is 4.31 Å². The van der Waals surface area contributed by atoms with Crippen molar-refractivity contribution >= 4 is 27.7 Å². The maximum atomic E-state index is 12.6. The highest BCUT2D eigenvalue weighted by atomic mass is 32.2. The number of carbonyl (C=O) groups excluding carboxylic acids is 1. The van der Waals surface area contributed by atoms with E-state index in [9.17, 15) is 13.2 Å². The van der Waals surface area contributed by atoms with E-state index in [1.807, 2.05) is 25.2 Å². The van der Waals surface area contributed by atoms with Crippen molar-refractivity contribution in [3.8, 4) is 0 Å². The molecule has 1 aliphatic rings. The summed E-state index contributed by atoms with van der Waals surface area (Å²) in [6.45, 7) is 3.17. The number of rotatable bonds is 9. The molecule has 0 radical (unpaired) electrons. The lowest BCUT2D eigenvalue weighted by Crippen LogP contribution is -2.47. The van der Waals surface area contributed by atoms with E-state index in [0.29, 0.717) is 30.8 Å². The monoisotopic (exact) mass is 447 g/mol. The van der Waals surface area contributed by atoms with E-state index in [2.05, 4.69) is 22.3 Å². The largest absolute Gasteiger partial charge is 0.352 e. The van der Waals surface area contributed by atoms with Crippen molar-refractivity contribution in [2.45, 2.75) is 17.1 Å². The summed E-state index contributed by atoms with van der Waals surface area (Å²) < 4.78 is 26.8. The molecule has 1 aliphatic heterocycles. The third-order valence-corrected chi connectivity index (χ3v) is 7.99. The molecular weight excluding hydrogens is 418 g/mol. The normalized spacial score (nSPS) is 15.8. The summed E-state index contributed by atoms with van der Waals surface area (Å²) in [6, 6.07) is 17.0. The number of nitrogens with zero attached hydrogens (tertiary/aromatic N) is 2. The van der Waals surface area contributed by atoms with E-state index in [-0.39, 0.29) is 11.7 Å². The second kappa shape index (κ2) is 10.9. The fourth-order valence-electron chi connectivity index (χ4n) is 3.20. The Hall–Kier alpha value is -1.87. The van der Waals surface area contributed by atoms with Gasteiger partial charge in [-0.05, 0) is 49.1 Å². The molecule has 0 unspecified atom stereocenters. The van der Waals surface area contributed by atoms with Crippen molar-refractivity contribution in [1.29, 1.82) is 0 Å². The molecule has 0 atom stereocenters. The van der Waals surface area contributed by atoms with Crippen LogP contribution in [0.2, 0.25) is 0 Å². The first-order valence-electron chi connectivity index (χ1n) is 10.2. The number of hydrogen-bond acceptors (Lipinski definition) is 5. The lowest BCUT2D eigenvalue weighted by Gasteiger charge is -2.31. The van der Waals surface area contributed by atoms with E-state index in [1.165, 1.54) is 4.90 Å². The van der Waals surface area contributed by atoms with Crippen LogP contribution in [0.5, 0.6) is 0 Å². The van der Waals surface area contributed by atoms with Crippen molar-refractivity contribution < 1.29 is 13.2 Å². The minimum absolute atomic E-state index is 0.0324. The van der Waals surface area contributed by atoms with Gasteiger partial charge >= 0.3 is 0 Å². The van der Waals surface area contributed by atoms with Gasteiger partial charge < -0.3 is 10.2 Å². The summed E-state index contributed by atoms with van der Waals surface area (Å²) in [5, 5.41) is 2.93. The first-order chi connectivity index (χ1) is 14.4. The summed E-state index contributed by atoms with van der Waals surface area (Å²) in [4.78, 5) is 15.7. The number of piperazine rings is 1. The average molecular weight is 448 g/mol. The zero-order chi connectivity index (χ0) is 21.4. The zero-order valence-electron chi connectivity index (χ0n) is 17.3. The first-order valence-corrected chi connectivity index (χ1v) is 12.7. The molecule has 0 bridgehead atoms. The van der Waals surface area contributed by atoms with Gasteiger partial charge in [-0.1, -0.05) is 30.3 Å². The molecule has 0 aromatic heterocycles. The number of thioether (sulfide) groups is 1. The lowest BCUT2D eigenvalue weighted by molar-refractivity contribution is 0.0954. The van der Waals surface area contributed by atoms with Crippen LogP contribution in [0.15, 0.2) is 59.5 Å². The molecule has 1 amide bonds. The van der Waals surface area contributed by atoms with Crippen LogP contribution in [0.3, 0.4) is 0 Å². The van der Waals surface area contributed by atoms with E-state index < -0.39 is 10.0 Å². The molecule has 2 aromatic rings. The average Bonchev–Trinajstić information content (AvgIpc) is 2.74. The van der Waals surface area contributed by atoms with Gasteiger partial charge in [0.25, 0.3) is 5.91 Å². The van der Waals surface area contributed by atoms with Crippen molar-refractivity contribution in [3.63, 3.8) is 0 Å². The van der Waals surface area contributed by atoms with Gasteiger partial charge in [0, 0.05) is 43.2 Å². The molecule has 30 heavy (non-hydrogen) atoms. The Morgan fingerprint density at radius 2 is 1.67 bits per heavy atom. The number of carbonyl (C=O) groups is 1. The van der Waals surface area contributed by atoms with E-state index >= 15 is 0 Å². The Labute approximate surface area is 183 Å². The van der Waals surface area contributed by atoms with E-state index in [0.717, 1.165) is 25.3 Å². The molecule has 6 nitrogen and oxygen atoms in total. The first kappa shape index (κ1) is 22.8. The van der Waals surface area contributed by atoms with Gasteiger partial charge in [-0.25, -0.2) is 8.42 Å². The molecule has 3 rings (SSSR count). The summed E-state index contributed by atoms with van der Waals surface area (Å²) >= 11 is 1.77. The molecule has 8 heteroatoms. The van der Waals surface area contributed by atoms with Crippen LogP contribution in [0.4, 0.5) is 0 Å². The minimum atomic E-state index is -3.33. The van der Waals surface area contributed by atoms with Gasteiger partial charge in [0.15, 0.2) is 0 Å². The summed E-state index contributed by atoms with van der Waals surface area (Å²) in [7, 11) is -1.34. The van der Waals surface area contributed by atoms with Crippen LogP contribution in [0.1, 0.15) is 22.3 Å². The quantitative estimate of drug-likeness (QED) is 0.473. The molecule has 1 heterocycles. The molecule has 0 spiro atoms. The van der Waals surface area contributed by atoms with Gasteiger partial charge in [0.1, 0.15) is 0 Å². The molecule has 0 aliphatic carbocycles. The Bertz CT molecular complexity index is 910. The standard InChI is InChI=1S/C22H29N3O3S2/c1-24-13-15-25(16-14-24)30(27,28)18-19-8-10-20(11-9-19)22(26)23-12-5-17-29-21-6-3-2-4-7-21/h2-4,6-11H,5,12-18H2,1H3,(H,23,26). The lowest BCUT2D eigenvalue weighted by atomic mass is 10.1. The van der Waals surface area contributed by atoms with Gasteiger partial charge in [0.05, 0.1) is 5.75 Å². The SMILES string of the molecule is CN1CCN(S(=O)(=O)Cc2ccc(C(=O)NCCCSc3ccccc3)cc2)CC1. The third kappa shape index (κ3) is 6.84. The van der Waals surface area contributed by atoms with Gasteiger partial charge in [-0.3, -0.25) is 4.79 Å². The zero-order valence-corrected chi connectivity index (χ0v) is 18.9. The Morgan fingerprint density at radius 1 is 1.00 bits per heavy atom. The molecule has 1 fully saturated rings. The van der Waals surface area contributed by atoms with E-state index in [4.69, 9.17) is 0 Å². The number of benzene rings is 2. The fourth-order valence-corrected chi connectivity index (χ4v) is 5.59. The Kier molecular flexibility index (Phi) is 8.32. The molecule has 0 saturated carbocycles. The van der Waals surface area contributed by atoms with Crippen LogP contribution in [-0.4, -0.2) is 69.1 Å². The Balaban J connectivity index is 1.42. The number of nitrogens with one attached hydrogen (secondary N) is 1. The number of amides is 1. The van der Waals surface area contributed by atoms with Crippen LogP contribution in [0, 0.1) is 0 Å². The molecule has 162 valence electrons. The van der Waals surface area contributed by atoms with Crippen molar-refractivity contribution in [2.24, 2.45) is 0 Å². The molecular formula is C22H29N3O3S2. The van der Waals surface area contributed by atoms with Crippen molar-refractivity contribution in [1.82, 2.24) is 14.5 Å². The Morgan fingerprint density at radius 3 is 2.33 bits per heavy atom.